The van der Waals surface area contributed by atoms with E-state index < -0.39 is 0 Å². The smallest absolute Gasteiger partial charge is 0.141 e. The van der Waals surface area contributed by atoms with Gasteiger partial charge in [-0.15, -0.1) is 0 Å². The lowest BCUT2D eigenvalue weighted by Crippen LogP contribution is -2.09. The zero-order valence-electron chi connectivity index (χ0n) is 10.3. The zero-order chi connectivity index (χ0) is 12.3. The van der Waals surface area contributed by atoms with Crippen molar-refractivity contribution in [2.45, 2.75) is 45.4 Å². The van der Waals surface area contributed by atoms with Gasteiger partial charge in [0, 0.05) is 0 Å². The summed E-state index contributed by atoms with van der Waals surface area (Å²) < 4.78 is 13.6. The summed E-state index contributed by atoms with van der Waals surface area (Å²) in [5.74, 6) is 0.341. The van der Waals surface area contributed by atoms with Crippen molar-refractivity contribution < 1.29 is 4.39 Å². The molecule has 2 rings (SSSR count). The summed E-state index contributed by atoms with van der Waals surface area (Å²) in [6.07, 6.45) is 7.45. The average Bonchev–Trinajstić information content (AvgIpc) is 2.30. The van der Waals surface area contributed by atoms with Crippen LogP contribution in [0.2, 0.25) is 0 Å². The molecule has 1 nitrogen and oxygen atoms in total. The first-order valence-corrected chi connectivity index (χ1v) is 6.40. The van der Waals surface area contributed by atoms with E-state index in [1.54, 1.807) is 6.07 Å². The van der Waals surface area contributed by atoms with Gasteiger partial charge in [-0.1, -0.05) is 38.2 Å². The molecule has 1 fully saturated rings. The van der Waals surface area contributed by atoms with E-state index in [2.05, 4.69) is 0 Å². The minimum absolute atomic E-state index is 0.192. The quantitative estimate of drug-likeness (QED) is 0.750. The van der Waals surface area contributed by atoms with Gasteiger partial charge < -0.3 is 0 Å². The van der Waals surface area contributed by atoms with Gasteiger partial charge >= 0.3 is 0 Å². The molecule has 2 heteroatoms. The van der Waals surface area contributed by atoms with E-state index >= 15 is 0 Å². The van der Waals surface area contributed by atoms with Crippen LogP contribution in [0, 0.1) is 30.0 Å². The molecule has 0 amide bonds. The fourth-order valence-electron chi connectivity index (χ4n) is 2.80. The second kappa shape index (κ2) is 5.31. The number of hydrogen-bond acceptors (Lipinski definition) is 1. The number of benzene rings is 1. The van der Waals surface area contributed by atoms with E-state index in [0.717, 1.165) is 17.5 Å². The standard InChI is InChI=1S/C15H18FN/c1-11-7-13(9-15(16)14(11)10-17)8-12-5-3-2-4-6-12/h7,9,12H,2-6,8H2,1H3. The second-order valence-corrected chi connectivity index (χ2v) is 5.09. The van der Waals surface area contributed by atoms with Crippen LogP contribution in [0.5, 0.6) is 0 Å². The van der Waals surface area contributed by atoms with E-state index in [9.17, 15) is 4.39 Å². The second-order valence-electron chi connectivity index (χ2n) is 5.09. The van der Waals surface area contributed by atoms with Crippen LogP contribution < -0.4 is 0 Å². The maximum atomic E-state index is 13.6. The monoisotopic (exact) mass is 231 g/mol. The van der Waals surface area contributed by atoms with E-state index in [1.807, 2.05) is 19.1 Å². The minimum atomic E-state index is -0.363. The molecular weight excluding hydrogens is 213 g/mol. The van der Waals surface area contributed by atoms with Gasteiger partial charge in [0.2, 0.25) is 0 Å². The summed E-state index contributed by atoms with van der Waals surface area (Å²) in [5.41, 5.74) is 2.00. The maximum absolute atomic E-state index is 13.6. The molecule has 0 heterocycles. The lowest BCUT2D eigenvalue weighted by Gasteiger charge is -2.21. The summed E-state index contributed by atoms with van der Waals surface area (Å²) in [6, 6.07) is 5.43. The van der Waals surface area contributed by atoms with Crippen molar-refractivity contribution in [2.24, 2.45) is 5.92 Å². The molecule has 0 bridgehead atoms. The Hall–Kier alpha value is -1.36. The molecule has 0 atom stereocenters. The van der Waals surface area contributed by atoms with E-state index in [1.165, 1.54) is 32.1 Å². The third kappa shape index (κ3) is 2.85. The molecule has 0 unspecified atom stereocenters. The highest BCUT2D eigenvalue weighted by molar-refractivity contribution is 5.40. The Kier molecular flexibility index (Phi) is 3.78. The van der Waals surface area contributed by atoms with Crippen molar-refractivity contribution in [2.75, 3.05) is 0 Å². The average molecular weight is 231 g/mol. The van der Waals surface area contributed by atoms with Crippen LogP contribution in [0.15, 0.2) is 12.1 Å². The Morgan fingerprint density at radius 1 is 1.29 bits per heavy atom. The van der Waals surface area contributed by atoms with Crippen LogP contribution in [0.3, 0.4) is 0 Å². The van der Waals surface area contributed by atoms with Gasteiger partial charge in [0.25, 0.3) is 0 Å². The first-order valence-electron chi connectivity index (χ1n) is 6.40. The highest BCUT2D eigenvalue weighted by Gasteiger charge is 2.15. The Balaban J connectivity index is 2.14. The zero-order valence-corrected chi connectivity index (χ0v) is 10.3. The van der Waals surface area contributed by atoms with Crippen molar-refractivity contribution in [3.63, 3.8) is 0 Å². The highest BCUT2D eigenvalue weighted by Crippen LogP contribution is 2.27. The fourth-order valence-corrected chi connectivity index (χ4v) is 2.80. The van der Waals surface area contributed by atoms with Gasteiger partial charge in [0.15, 0.2) is 0 Å². The molecule has 1 aliphatic carbocycles. The molecule has 90 valence electrons. The van der Waals surface area contributed by atoms with Crippen LogP contribution >= 0.6 is 0 Å². The van der Waals surface area contributed by atoms with Crippen LogP contribution in [0.25, 0.3) is 0 Å². The van der Waals surface area contributed by atoms with E-state index in [0.29, 0.717) is 5.92 Å². The van der Waals surface area contributed by atoms with E-state index in [4.69, 9.17) is 5.26 Å². The lowest BCUT2D eigenvalue weighted by molar-refractivity contribution is 0.356. The van der Waals surface area contributed by atoms with Gasteiger partial charge in [0.1, 0.15) is 11.9 Å². The van der Waals surface area contributed by atoms with Crippen LogP contribution in [0.4, 0.5) is 4.39 Å². The van der Waals surface area contributed by atoms with Gasteiger partial charge in [-0.3, -0.25) is 0 Å². The Morgan fingerprint density at radius 3 is 2.59 bits per heavy atom. The van der Waals surface area contributed by atoms with Crippen LogP contribution in [-0.4, -0.2) is 0 Å². The first-order chi connectivity index (χ1) is 8.20. The van der Waals surface area contributed by atoms with Crippen LogP contribution in [-0.2, 0) is 6.42 Å². The van der Waals surface area contributed by atoms with Crippen molar-refractivity contribution in [3.8, 4) is 6.07 Å². The Bertz CT molecular complexity index is 416. The number of halogens is 1. The summed E-state index contributed by atoms with van der Waals surface area (Å²) in [6.45, 7) is 1.81. The SMILES string of the molecule is Cc1cc(CC2CCCCC2)cc(F)c1C#N. The molecule has 0 aromatic heterocycles. The molecule has 1 aromatic rings. The van der Waals surface area contributed by atoms with Crippen LogP contribution in [0.1, 0.15) is 48.8 Å². The van der Waals surface area contributed by atoms with Crippen molar-refractivity contribution in [1.82, 2.24) is 0 Å². The number of rotatable bonds is 2. The lowest BCUT2D eigenvalue weighted by atomic mass is 9.84. The first kappa shape index (κ1) is 12.1. The summed E-state index contributed by atoms with van der Waals surface area (Å²) in [5, 5.41) is 8.82. The third-order valence-electron chi connectivity index (χ3n) is 3.71. The number of nitriles is 1. The number of nitrogens with zero attached hydrogens (tertiary/aromatic N) is 1. The molecular formula is C15H18FN. The van der Waals surface area contributed by atoms with Gasteiger partial charge in [0.05, 0.1) is 5.56 Å². The summed E-state index contributed by atoms with van der Waals surface area (Å²) in [7, 11) is 0. The van der Waals surface area contributed by atoms with Gasteiger partial charge in [-0.25, -0.2) is 4.39 Å². The van der Waals surface area contributed by atoms with Gasteiger partial charge in [-0.05, 0) is 36.5 Å². The third-order valence-corrected chi connectivity index (χ3v) is 3.71. The molecule has 0 radical (unpaired) electrons. The minimum Gasteiger partial charge on any atom is -0.206 e. The molecule has 0 spiro atoms. The number of hydrogen-bond donors (Lipinski definition) is 0. The topological polar surface area (TPSA) is 23.8 Å². The molecule has 0 N–H and O–H groups in total. The normalized spacial score (nSPS) is 16.8. The largest absolute Gasteiger partial charge is 0.206 e. The predicted molar refractivity (Wildman–Crippen MR) is 66.1 cm³/mol. The number of aryl methyl sites for hydroxylation is 1. The Labute approximate surface area is 102 Å². The molecule has 17 heavy (non-hydrogen) atoms. The molecule has 0 aliphatic heterocycles. The highest BCUT2D eigenvalue weighted by atomic mass is 19.1. The van der Waals surface area contributed by atoms with Crippen molar-refractivity contribution in [1.29, 1.82) is 5.26 Å². The van der Waals surface area contributed by atoms with Gasteiger partial charge in [-0.2, -0.15) is 5.26 Å². The maximum Gasteiger partial charge on any atom is 0.141 e. The molecule has 1 aliphatic rings. The predicted octanol–water partition coefficient (Wildman–Crippen LogP) is 4.13. The van der Waals surface area contributed by atoms with E-state index in [-0.39, 0.29) is 11.4 Å². The Morgan fingerprint density at radius 2 is 2.00 bits per heavy atom. The fraction of sp³-hybridized carbons (Fsp3) is 0.533. The van der Waals surface area contributed by atoms with Crippen molar-refractivity contribution >= 4 is 0 Å². The summed E-state index contributed by atoms with van der Waals surface area (Å²) >= 11 is 0. The molecule has 1 aromatic carbocycles. The summed E-state index contributed by atoms with van der Waals surface area (Å²) in [4.78, 5) is 0. The van der Waals surface area contributed by atoms with Crippen molar-refractivity contribution in [3.05, 3.63) is 34.6 Å². The molecule has 1 saturated carbocycles. The molecule has 0 saturated heterocycles.